The number of nitrogens with one attached hydrogen (secondary N) is 1. The number of rotatable bonds is 11. The third-order valence-electron chi connectivity index (χ3n) is 6.08. The molecule has 2 aromatic carbocycles. The molecule has 0 aliphatic carbocycles. The van der Waals surface area contributed by atoms with E-state index in [4.69, 9.17) is 39.6 Å². The van der Waals surface area contributed by atoms with Crippen LogP contribution in [-0.2, 0) is 21.1 Å². The number of hydrogen-bond acceptors (Lipinski definition) is 10. The van der Waals surface area contributed by atoms with Crippen LogP contribution < -0.4 is 29.8 Å². The number of hydrogen-bond donors (Lipinski definition) is 2. The summed E-state index contributed by atoms with van der Waals surface area (Å²) in [5, 5.41) is 10.3. The zero-order valence-corrected chi connectivity index (χ0v) is 23.3. The molecule has 1 aliphatic heterocycles. The van der Waals surface area contributed by atoms with E-state index in [1.54, 1.807) is 0 Å². The summed E-state index contributed by atoms with van der Waals surface area (Å²) in [5.41, 5.74) is -6.96. The maximum absolute atomic E-state index is 15.4. The maximum Gasteiger partial charge on any atom is 0.435 e. The number of aromatic nitrogens is 2. The summed E-state index contributed by atoms with van der Waals surface area (Å²) in [6.45, 7) is -6.02. The number of nitrogens with zero attached hydrogens (tertiary/aromatic N) is 1. The number of ether oxygens (including phenoxy) is 3. The van der Waals surface area contributed by atoms with Gasteiger partial charge < -0.3 is 28.4 Å². The van der Waals surface area contributed by atoms with E-state index in [2.05, 4.69) is 0 Å². The molecule has 18 heteroatoms. The minimum absolute atomic E-state index is 0.00831. The van der Waals surface area contributed by atoms with Crippen molar-refractivity contribution in [1.29, 1.82) is 0 Å². The van der Waals surface area contributed by atoms with Gasteiger partial charge >= 0.3 is 18.3 Å². The fourth-order valence-corrected chi connectivity index (χ4v) is 5.74. The van der Waals surface area contributed by atoms with E-state index in [1.165, 1.54) is 67.7 Å². The van der Waals surface area contributed by atoms with Gasteiger partial charge in [0, 0.05) is 11.8 Å². The number of benzene rings is 2. The van der Waals surface area contributed by atoms with E-state index in [1.807, 2.05) is 0 Å². The van der Waals surface area contributed by atoms with E-state index in [0.29, 0.717) is 11.5 Å². The average Bonchev–Trinajstić information content (AvgIpc) is 3.16. The Morgan fingerprint density at radius 1 is 1.00 bits per heavy atom. The monoisotopic (exact) mass is 640 g/mol. The molecule has 1 saturated heterocycles. The van der Waals surface area contributed by atoms with E-state index < -0.39 is 60.7 Å². The number of halogens is 5. The van der Waals surface area contributed by atoms with Gasteiger partial charge in [-0.15, -0.1) is 0 Å². The summed E-state index contributed by atoms with van der Waals surface area (Å²) in [6.07, 6.45) is -9.63. The van der Waals surface area contributed by atoms with E-state index >= 15 is 8.78 Å². The molecule has 3 unspecified atom stereocenters. The summed E-state index contributed by atoms with van der Waals surface area (Å²) in [5.74, 6) is -5.64. The molecule has 0 saturated carbocycles. The van der Waals surface area contributed by atoms with Crippen LogP contribution in [0.1, 0.15) is 6.23 Å². The molecule has 0 radical (unpaired) electrons. The van der Waals surface area contributed by atoms with Crippen LogP contribution in [0.4, 0.5) is 22.0 Å². The number of aliphatic hydroxyl groups excluding tert-OH is 1. The van der Waals surface area contributed by atoms with Crippen LogP contribution in [0.5, 0.6) is 23.0 Å². The first-order chi connectivity index (χ1) is 19.7. The van der Waals surface area contributed by atoms with Crippen molar-refractivity contribution in [3.05, 3.63) is 81.4 Å². The predicted octanol–water partition coefficient (Wildman–Crippen LogP) is 3.62. The highest BCUT2D eigenvalue weighted by Crippen LogP contribution is 2.56. The zero-order valence-electron chi connectivity index (χ0n) is 21.5. The van der Waals surface area contributed by atoms with Crippen molar-refractivity contribution in [1.82, 2.24) is 9.55 Å². The van der Waals surface area contributed by atoms with Gasteiger partial charge in [0.15, 0.2) is 12.3 Å². The molecule has 0 spiro atoms. The fourth-order valence-electron chi connectivity index (χ4n) is 3.81. The van der Waals surface area contributed by atoms with Crippen LogP contribution in [-0.4, -0.2) is 59.5 Å². The Kier molecular flexibility index (Phi) is 8.99. The SMILES string of the molecule is COc1ccc(OP(=S)(OCC2(C(F)F)OC(n3cc(F)c(=O)[nH]c3=O)C(O)C2(F)F)Oc2ccc(OC)cc2)cc1. The van der Waals surface area contributed by atoms with Crippen LogP contribution in [0, 0.1) is 5.82 Å². The lowest BCUT2D eigenvalue weighted by Gasteiger charge is -2.34. The van der Waals surface area contributed by atoms with Crippen molar-refractivity contribution >= 4 is 18.5 Å². The molecule has 4 rings (SSSR count). The van der Waals surface area contributed by atoms with Crippen LogP contribution >= 0.6 is 6.72 Å². The quantitative estimate of drug-likeness (QED) is 0.237. The molecule has 228 valence electrons. The average molecular weight is 640 g/mol. The lowest BCUT2D eigenvalue weighted by atomic mass is 9.95. The molecule has 11 nitrogen and oxygen atoms in total. The molecule has 0 bridgehead atoms. The summed E-state index contributed by atoms with van der Waals surface area (Å²) in [7, 11) is 2.80. The van der Waals surface area contributed by atoms with Crippen molar-refractivity contribution in [2.75, 3.05) is 20.8 Å². The van der Waals surface area contributed by atoms with Crippen molar-refractivity contribution in [2.45, 2.75) is 30.3 Å². The second kappa shape index (κ2) is 12.0. The van der Waals surface area contributed by atoms with Crippen LogP contribution in [0.3, 0.4) is 0 Å². The molecule has 42 heavy (non-hydrogen) atoms. The van der Waals surface area contributed by atoms with E-state index in [0.717, 1.165) is 0 Å². The second-order valence-electron chi connectivity index (χ2n) is 8.66. The standard InChI is InChI=1S/C24H22F5N2O9PS/c1-35-13-3-7-15(8-4-13)39-41(42,40-16-9-5-14(36-2)6-10-16)37-12-23(21(26)27)24(28,29)18(32)20(38-23)31-11-17(25)19(33)30-22(31)34/h3-11,18,20-21,32H,12H2,1-2H3,(H,30,33,34). The minimum atomic E-state index is -4.82. The summed E-state index contributed by atoms with van der Waals surface area (Å²) >= 11 is 5.37. The van der Waals surface area contributed by atoms with Crippen molar-refractivity contribution in [3.63, 3.8) is 0 Å². The molecular formula is C24H22F5N2O9PS. The Morgan fingerprint density at radius 2 is 1.48 bits per heavy atom. The third kappa shape index (κ3) is 6.01. The number of methoxy groups -OCH3 is 2. The molecule has 1 aromatic heterocycles. The number of H-pyrrole nitrogens is 1. The second-order valence-corrected chi connectivity index (χ2v) is 11.5. The highest BCUT2D eigenvalue weighted by atomic mass is 32.5. The maximum atomic E-state index is 15.4. The lowest BCUT2D eigenvalue weighted by Crippen LogP contribution is -2.57. The highest BCUT2D eigenvalue weighted by Gasteiger charge is 2.74. The molecule has 3 aromatic rings. The van der Waals surface area contributed by atoms with Gasteiger partial charge in [-0.25, -0.2) is 13.6 Å². The Bertz CT molecular complexity index is 1520. The van der Waals surface area contributed by atoms with Crippen molar-refractivity contribution in [2.24, 2.45) is 0 Å². The van der Waals surface area contributed by atoms with Gasteiger partial charge in [-0.3, -0.25) is 18.9 Å². The molecule has 2 heterocycles. The highest BCUT2D eigenvalue weighted by molar-refractivity contribution is 8.07. The van der Waals surface area contributed by atoms with Gasteiger partial charge in [-0.1, -0.05) is 0 Å². The van der Waals surface area contributed by atoms with Gasteiger partial charge in [-0.05, 0) is 48.5 Å². The number of aromatic amines is 1. The lowest BCUT2D eigenvalue weighted by molar-refractivity contribution is -0.242. The largest absolute Gasteiger partial charge is 0.497 e. The Balaban J connectivity index is 1.69. The minimum Gasteiger partial charge on any atom is -0.497 e. The van der Waals surface area contributed by atoms with Crippen molar-refractivity contribution in [3.8, 4) is 23.0 Å². The fraction of sp³-hybridized carbons (Fsp3) is 0.333. The van der Waals surface area contributed by atoms with Crippen molar-refractivity contribution < 1.29 is 54.8 Å². The van der Waals surface area contributed by atoms with Gasteiger partial charge in [0.05, 0.1) is 27.0 Å². The summed E-state index contributed by atoms with van der Waals surface area (Å²) in [4.78, 5) is 25.0. The predicted molar refractivity (Wildman–Crippen MR) is 139 cm³/mol. The first kappa shape index (κ1) is 31.4. The Morgan fingerprint density at radius 3 is 1.93 bits per heavy atom. The van der Waals surface area contributed by atoms with Gasteiger partial charge in [0.1, 0.15) is 23.0 Å². The topological polar surface area (TPSA) is 130 Å². The van der Waals surface area contributed by atoms with Gasteiger partial charge in [-0.2, -0.15) is 13.2 Å². The zero-order chi connectivity index (χ0) is 30.9. The van der Waals surface area contributed by atoms with E-state index in [-0.39, 0.29) is 22.3 Å². The third-order valence-corrected chi connectivity index (χ3v) is 8.16. The first-order valence-electron chi connectivity index (χ1n) is 11.7. The molecule has 1 aliphatic rings. The molecular weight excluding hydrogens is 618 g/mol. The normalized spacial score (nSPS) is 21.7. The summed E-state index contributed by atoms with van der Waals surface area (Å²) in [6, 6.07) is 11.3. The molecule has 0 amide bonds. The number of aliphatic hydroxyl groups is 1. The summed E-state index contributed by atoms with van der Waals surface area (Å²) < 4.78 is 105. The smallest absolute Gasteiger partial charge is 0.435 e. The van der Waals surface area contributed by atoms with Gasteiger partial charge in [0.25, 0.3) is 12.0 Å². The first-order valence-corrected chi connectivity index (χ1v) is 14.3. The van der Waals surface area contributed by atoms with Crippen LogP contribution in [0.2, 0.25) is 0 Å². The van der Waals surface area contributed by atoms with Gasteiger partial charge in [0.2, 0.25) is 11.4 Å². The Labute approximate surface area is 238 Å². The Hall–Kier alpha value is -3.50. The van der Waals surface area contributed by atoms with Crippen LogP contribution in [0.25, 0.3) is 0 Å². The van der Waals surface area contributed by atoms with E-state index in [9.17, 15) is 27.9 Å². The molecule has 1 fully saturated rings. The molecule has 3 atom stereocenters. The van der Waals surface area contributed by atoms with Crippen LogP contribution in [0.15, 0.2) is 64.3 Å². The molecule has 2 N–H and O–H groups in total. The number of alkyl halides is 4.